The fraction of sp³-hybridized carbons (Fsp3) is 0.353. The van der Waals surface area contributed by atoms with Crippen molar-refractivity contribution in [3.05, 3.63) is 36.3 Å². The van der Waals surface area contributed by atoms with Crippen LogP contribution in [0.1, 0.15) is 18.4 Å². The van der Waals surface area contributed by atoms with E-state index < -0.39 is 10.0 Å². The molecule has 9 nitrogen and oxygen atoms in total. The van der Waals surface area contributed by atoms with Crippen LogP contribution in [0, 0.1) is 12.8 Å². The van der Waals surface area contributed by atoms with Gasteiger partial charge in [-0.15, -0.1) is 0 Å². The molecule has 0 saturated heterocycles. The van der Waals surface area contributed by atoms with E-state index in [-0.39, 0.29) is 29.3 Å². The van der Waals surface area contributed by atoms with Crippen molar-refractivity contribution in [1.82, 2.24) is 24.3 Å². The average molecular weight is 388 g/mol. The number of rotatable bonds is 5. The number of anilines is 1. The second-order valence-electron chi connectivity index (χ2n) is 6.84. The summed E-state index contributed by atoms with van der Waals surface area (Å²) in [5.41, 5.74) is 8.47. The van der Waals surface area contributed by atoms with Crippen molar-refractivity contribution in [2.45, 2.75) is 30.7 Å². The number of fused-ring (bicyclic) bond motifs is 1. The molecule has 1 aromatic carbocycles. The van der Waals surface area contributed by atoms with E-state index in [1.165, 1.54) is 6.33 Å². The van der Waals surface area contributed by atoms with Gasteiger partial charge in [-0.2, -0.15) is 5.10 Å². The number of nitrogens with one attached hydrogen (secondary N) is 1. The van der Waals surface area contributed by atoms with Crippen LogP contribution < -0.4 is 10.5 Å². The molecule has 4 N–H and O–H groups in total. The summed E-state index contributed by atoms with van der Waals surface area (Å²) in [5.74, 6) is 0.428. The Labute approximate surface area is 156 Å². The van der Waals surface area contributed by atoms with Crippen LogP contribution in [0.4, 0.5) is 5.82 Å². The van der Waals surface area contributed by atoms with E-state index in [0.29, 0.717) is 29.7 Å². The lowest BCUT2D eigenvalue weighted by atomic mass is 9.82. The molecule has 0 bridgehead atoms. The van der Waals surface area contributed by atoms with Crippen LogP contribution in [-0.4, -0.2) is 45.8 Å². The predicted octanol–water partition coefficient (Wildman–Crippen LogP) is 0.731. The fourth-order valence-electron chi connectivity index (χ4n) is 3.33. The number of nitrogens with zero attached hydrogens (tertiary/aromatic N) is 4. The highest BCUT2D eigenvalue weighted by molar-refractivity contribution is 7.89. The smallest absolute Gasteiger partial charge is 0.240 e. The van der Waals surface area contributed by atoms with Crippen molar-refractivity contribution in [3.8, 4) is 11.3 Å². The van der Waals surface area contributed by atoms with Crippen molar-refractivity contribution >= 4 is 21.5 Å². The second kappa shape index (κ2) is 6.55. The number of imidazole rings is 1. The Morgan fingerprint density at radius 2 is 2.11 bits per heavy atom. The van der Waals surface area contributed by atoms with Gasteiger partial charge in [0.05, 0.1) is 16.8 Å². The molecule has 0 amide bonds. The van der Waals surface area contributed by atoms with Gasteiger partial charge < -0.3 is 10.8 Å². The van der Waals surface area contributed by atoms with Crippen LogP contribution >= 0.6 is 0 Å². The molecule has 142 valence electrons. The zero-order valence-corrected chi connectivity index (χ0v) is 15.5. The largest absolute Gasteiger partial charge is 0.396 e. The summed E-state index contributed by atoms with van der Waals surface area (Å²) in [6.45, 7) is 1.98. The van der Waals surface area contributed by atoms with Crippen molar-refractivity contribution in [1.29, 1.82) is 0 Å². The molecule has 1 aliphatic carbocycles. The van der Waals surface area contributed by atoms with Gasteiger partial charge in [-0.25, -0.2) is 27.6 Å². The number of hydrogen-bond donors (Lipinski definition) is 3. The molecule has 0 spiro atoms. The van der Waals surface area contributed by atoms with Crippen molar-refractivity contribution in [2.24, 2.45) is 5.92 Å². The summed E-state index contributed by atoms with van der Waals surface area (Å²) in [7, 11) is -3.66. The second-order valence-corrected chi connectivity index (χ2v) is 8.55. The summed E-state index contributed by atoms with van der Waals surface area (Å²) in [4.78, 5) is 8.33. The maximum absolute atomic E-state index is 12.7. The highest BCUT2D eigenvalue weighted by Gasteiger charge is 2.32. The van der Waals surface area contributed by atoms with E-state index in [0.717, 1.165) is 5.56 Å². The molecule has 10 heteroatoms. The first-order valence-electron chi connectivity index (χ1n) is 8.57. The van der Waals surface area contributed by atoms with E-state index in [2.05, 4.69) is 19.8 Å². The minimum absolute atomic E-state index is 0.0895. The SMILES string of the molecule is Cc1ccc(S(=O)(=O)N[C@H]2C[C@H](CO)C2)cc1-c1cnc2c(N)ncnn12. The lowest BCUT2D eigenvalue weighted by molar-refractivity contribution is 0.137. The zero-order chi connectivity index (χ0) is 19.2. The van der Waals surface area contributed by atoms with Crippen molar-refractivity contribution in [3.63, 3.8) is 0 Å². The summed E-state index contributed by atoms with van der Waals surface area (Å²) in [5, 5.41) is 13.3. The third-order valence-electron chi connectivity index (χ3n) is 4.94. The number of aliphatic hydroxyl groups excluding tert-OH is 1. The highest BCUT2D eigenvalue weighted by atomic mass is 32.2. The number of benzene rings is 1. The quantitative estimate of drug-likeness (QED) is 0.586. The van der Waals surface area contributed by atoms with Crippen LogP contribution in [0.25, 0.3) is 16.9 Å². The van der Waals surface area contributed by atoms with E-state index in [1.807, 2.05) is 6.92 Å². The number of hydrogen-bond acceptors (Lipinski definition) is 7. The summed E-state index contributed by atoms with van der Waals surface area (Å²) < 4.78 is 29.7. The number of sulfonamides is 1. The monoisotopic (exact) mass is 388 g/mol. The molecule has 1 saturated carbocycles. The van der Waals surface area contributed by atoms with Gasteiger partial charge in [0.15, 0.2) is 11.5 Å². The Morgan fingerprint density at radius 3 is 2.85 bits per heavy atom. The van der Waals surface area contributed by atoms with Crippen LogP contribution in [0.5, 0.6) is 0 Å². The first-order chi connectivity index (χ1) is 12.9. The Bertz CT molecular complexity index is 1110. The number of nitrogens with two attached hydrogens (primary N) is 1. The van der Waals surface area contributed by atoms with E-state index in [1.54, 1.807) is 28.9 Å². The molecule has 1 fully saturated rings. The Kier molecular flexibility index (Phi) is 4.33. The third kappa shape index (κ3) is 3.15. The van der Waals surface area contributed by atoms with E-state index in [4.69, 9.17) is 10.8 Å². The van der Waals surface area contributed by atoms with Gasteiger partial charge in [0.1, 0.15) is 6.33 Å². The van der Waals surface area contributed by atoms with Crippen LogP contribution in [0.15, 0.2) is 35.6 Å². The molecule has 1 aliphatic rings. The van der Waals surface area contributed by atoms with Crippen LogP contribution in [-0.2, 0) is 10.0 Å². The van der Waals surface area contributed by atoms with Crippen molar-refractivity contribution in [2.75, 3.05) is 12.3 Å². The summed E-state index contributed by atoms with van der Waals surface area (Å²) >= 11 is 0. The first kappa shape index (κ1) is 17.8. The number of nitrogen functional groups attached to an aromatic ring is 1. The van der Waals surface area contributed by atoms with Gasteiger partial charge in [-0.1, -0.05) is 6.07 Å². The fourth-order valence-corrected chi connectivity index (χ4v) is 4.62. The van der Waals surface area contributed by atoms with E-state index in [9.17, 15) is 8.42 Å². The molecule has 0 radical (unpaired) electrons. The number of aromatic nitrogens is 4. The molecule has 0 aliphatic heterocycles. The van der Waals surface area contributed by atoms with Gasteiger partial charge in [0.25, 0.3) is 0 Å². The van der Waals surface area contributed by atoms with E-state index >= 15 is 0 Å². The average Bonchev–Trinajstić information content (AvgIpc) is 3.03. The number of aliphatic hydroxyl groups is 1. The normalized spacial score (nSPS) is 19.9. The molecular weight excluding hydrogens is 368 g/mol. The summed E-state index contributed by atoms with van der Waals surface area (Å²) in [6.07, 6.45) is 4.24. The van der Waals surface area contributed by atoms with Crippen LogP contribution in [0.3, 0.4) is 0 Å². The maximum atomic E-state index is 12.7. The molecule has 2 heterocycles. The predicted molar refractivity (Wildman–Crippen MR) is 99.3 cm³/mol. The number of aryl methyl sites for hydroxylation is 1. The standard InChI is InChI=1S/C17H20N6O3S/c1-10-2-3-13(27(25,26)22-12-4-11(5-12)8-24)6-14(10)15-7-19-17-16(18)20-9-21-23(15)17/h2-3,6-7,9,11-12,22,24H,4-5,8H2,1H3,(H2,18,20,21)/t11-,12-. The molecule has 2 aromatic heterocycles. The maximum Gasteiger partial charge on any atom is 0.240 e. The molecule has 27 heavy (non-hydrogen) atoms. The van der Waals surface area contributed by atoms with Crippen LogP contribution in [0.2, 0.25) is 0 Å². The van der Waals surface area contributed by atoms with Gasteiger partial charge in [-0.05, 0) is 43.4 Å². The Hall–Kier alpha value is -2.56. The molecule has 3 aromatic rings. The molecule has 4 rings (SSSR count). The lowest BCUT2D eigenvalue weighted by Crippen LogP contribution is -2.45. The minimum atomic E-state index is -3.66. The Balaban J connectivity index is 1.70. The van der Waals surface area contributed by atoms with Gasteiger partial charge >= 0.3 is 0 Å². The van der Waals surface area contributed by atoms with Gasteiger partial charge in [-0.3, -0.25) is 0 Å². The van der Waals surface area contributed by atoms with Gasteiger partial charge in [0, 0.05) is 18.2 Å². The lowest BCUT2D eigenvalue weighted by Gasteiger charge is -2.34. The first-order valence-corrected chi connectivity index (χ1v) is 10.1. The van der Waals surface area contributed by atoms with Crippen molar-refractivity contribution < 1.29 is 13.5 Å². The highest BCUT2D eigenvalue weighted by Crippen LogP contribution is 2.30. The molecule has 0 unspecified atom stereocenters. The van der Waals surface area contributed by atoms with Gasteiger partial charge in [0.2, 0.25) is 10.0 Å². The Morgan fingerprint density at radius 1 is 1.33 bits per heavy atom. The third-order valence-corrected chi connectivity index (χ3v) is 6.46. The zero-order valence-electron chi connectivity index (χ0n) is 14.7. The summed E-state index contributed by atoms with van der Waals surface area (Å²) in [6, 6.07) is 4.81. The molecule has 0 atom stereocenters. The molecular formula is C17H20N6O3S. The topological polar surface area (TPSA) is 136 Å². The minimum Gasteiger partial charge on any atom is -0.396 e.